The van der Waals surface area contributed by atoms with Crippen molar-refractivity contribution in [2.75, 3.05) is 19.8 Å². The van der Waals surface area contributed by atoms with Crippen LogP contribution >= 0.6 is 0 Å². The van der Waals surface area contributed by atoms with E-state index in [2.05, 4.69) is 10.1 Å². The summed E-state index contributed by atoms with van der Waals surface area (Å²) in [6.45, 7) is 1.24. The van der Waals surface area contributed by atoms with Crippen molar-refractivity contribution in [1.82, 2.24) is 5.32 Å². The van der Waals surface area contributed by atoms with Gasteiger partial charge in [0.1, 0.15) is 24.7 Å². The van der Waals surface area contributed by atoms with Crippen molar-refractivity contribution in [3.8, 4) is 11.5 Å². The van der Waals surface area contributed by atoms with Crippen LogP contribution in [0.2, 0.25) is 0 Å². The Morgan fingerprint density at radius 1 is 0.862 bits per heavy atom. The van der Waals surface area contributed by atoms with E-state index in [4.69, 9.17) is 9.47 Å². The monoisotopic (exact) mass is 411 g/mol. The summed E-state index contributed by atoms with van der Waals surface area (Å²) in [6.07, 6.45) is -5.54. The molecule has 0 amide bonds. The van der Waals surface area contributed by atoms with Crippen LogP contribution in [0.25, 0.3) is 0 Å². The second-order valence-electron chi connectivity index (χ2n) is 5.84. The fourth-order valence-corrected chi connectivity index (χ4v) is 2.17. The number of hydrogen-bond donors (Lipinski definition) is 1. The lowest BCUT2D eigenvalue weighted by atomic mass is 10.2. The summed E-state index contributed by atoms with van der Waals surface area (Å²) >= 11 is 0. The zero-order valence-corrected chi connectivity index (χ0v) is 15.4. The summed E-state index contributed by atoms with van der Waals surface area (Å²) in [6, 6.07) is 16.6. The number of esters is 2. The molecule has 0 saturated heterocycles. The highest BCUT2D eigenvalue weighted by Crippen LogP contribution is 2.17. The lowest BCUT2D eigenvalue weighted by Gasteiger charge is -2.09. The first-order valence-electron chi connectivity index (χ1n) is 8.77. The van der Waals surface area contributed by atoms with Crippen molar-refractivity contribution in [2.24, 2.45) is 0 Å². The van der Waals surface area contributed by atoms with Crippen molar-refractivity contribution < 1.29 is 37.0 Å². The minimum atomic E-state index is -5.18. The third-order valence-electron chi connectivity index (χ3n) is 3.56. The molecule has 2 rings (SSSR count). The average molecular weight is 411 g/mol. The zero-order chi connectivity index (χ0) is 21.1. The van der Waals surface area contributed by atoms with Gasteiger partial charge in [-0.05, 0) is 29.8 Å². The molecule has 0 bridgehead atoms. The van der Waals surface area contributed by atoms with E-state index in [1.165, 1.54) is 0 Å². The Labute approximate surface area is 165 Å². The van der Waals surface area contributed by atoms with Crippen LogP contribution in [0.3, 0.4) is 0 Å². The Balaban J connectivity index is 1.60. The molecule has 2 aromatic carbocycles. The van der Waals surface area contributed by atoms with Crippen LogP contribution in [0.15, 0.2) is 54.6 Å². The molecule has 0 atom stereocenters. The summed E-state index contributed by atoms with van der Waals surface area (Å²) in [5.41, 5.74) is 0.887. The maximum Gasteiger partial charge on any atom is 0.491 e. The largest absolute Gasteiger partial charge is 0.491 e. The molecule has 0 aromatic heterocycles. The van der Waals surface area contributed by atoms with E-state index >= 15 is 0 Å². The SMILES string of the molecule is O=C(CCNCc1ccc(OCCOc2ccccc2)cc1)OC(=O)C(F)(F)F. The molecular weight excluding hydrogens is 391 g/mol. The Bertz CT molecular complexity index is 779. The van der Waals surface area contributed by atoms with Crippen LogP contribution in [0, 0.1) is 0 Å². The Morgan fingerprint density at radius 2 is 1.45 bits per heavy atom. The van der Waals surface area contributed by atoms with Gasteiger partial charge in [-0.1, -0.05) is 30.3 Å². The Kier molecular flexibility index (Phi) is 8.47. The number of carbonyl (C=O) groups excluding carboxylic acids is 2. The standard InChI is InChI=1S/C20H20F3NO5/c21-20(22,23)19(26)29-18(25)10-11-24-14-15-6-8-17(9-7-15)28-13-12-27-16-4-2-1-3-5-16/h1-9,24H,10-14H2. The van der Waals surface area contributed by atoms with Crippen LogP contribution < -0.4 is 14.8 Å². The van der Waals surface area contributed by atoms with Crippen LogP contribution in [0.4, 0.5) is 13.2 Å². The second-order valence-corrected chi connectivity index (χ2v) is 5.84. The number of alkyl halides is 3. The van der Waals surface area contributed by atoms with Gasteiger partial charge in [-0.2, -0.15) is 13.2 Å². The van der Waals surface area contributed by atoms with Gasteiger partial charge in [-0.3, -0.25) is 4.79 Å². The first kappa shape index (κ1) is 22.2. The molecule has 0 saturated carbocycles. The van der Waals surface area contributed by atoms with E-state index < -0.39 is 18.1 Å². The number of carbonyl (C=O) groups is 2. The topological polar surface area (TPSA) is 73.9 Å². The first-order valence-corrected chi connectivity index (χ1v) is 8.77. The van der Waals surface area contributed by atoms with Crippen molar-refractivity contribution >= 4 is 11.9 Å². The molecule has 2 aromatic rings. The smallest absolute Gasteiger partial charge is 0.490 e. The summed E-state index contributed by atoms with van der Waals surface area (Å²) in [5, 5.41) is 2.88. The van der Waals surface area contributed by atoms with E-state index in [1.54, 1.807) is 12.1 Å². The highest BCUT2D eigenvalue weighted by atomic mass is 19.4. The normalized spacial score (nSPS) is 11.0. The minimum Gasteiger partial charge on any atom is -0.490 e. The fraction of sp³-hybridized carbons (Fsp3) is 0.300. The van der Waals surface area contributed by atoms with Crippen molar-refractivity contribution in [2.45, 2.75) is 19.1 Å². The quantitative estimate of drug-likeness (QED) is 0.368. The molecule has 0 aliphatic heterocycles. The molecule has 1 N–H and O–H groups in total. The first-order chi connectivity index (χ1) is 13.8. The molecule has 0 unspecified atom stereocenters. The van der Waals surface area contributed by atoms with Crippen molar-refractivity contribution in [3.05, 3.63) is 60.2 Å². The summed E-state index contributed by atoms with van der Waals surface area (Å²) in [5.74, 6) is -2.31. The predicted octanol–water partition coefficient (Wildman–Crippen LogP) is 3.26. The lowest BCUT2D eigenvalue weighted by molar-refractivity contribution is -0.201. The third kappa shape index (κ3) is 8.65. The molecule has 0 spiro atoms. The molecule has 0 radical (unpaired) electrons. The van der Waals surface area contributed by atoms with Gasteiger partial charge in [0, 0.05) is 13.1 Å². The van der Waals surface area contributed by atoms with Gasteiger partial charge in [0.25, 0.3) is 0 Å². The number of benzene rings is 2. The maximum atomic E-state index is 12.0. The number of hydrogen-bond acceptors (Lipinski definition) is 6. The van der Waals surface area contributed by atoms with Gasteiger partial charge in [0.2, 0.25) is 0 Å². The van der Waals surface area contributed by atoms with Crippen LogP contribution in [-0.4, -0.2) is 37.9 Å². The van der Waals surface area contributed by atoms with Crippen LogP contribution in [0.5, 0.6) is 11.5 Å². The van der Waals surface area contributed by atoms with Gasteiger partial charge in [0.05, 0.1) is 6.42 Å². The lowest BCUT2D eigenvalue weighted by Crippen LogP contribution is -2.29. The zero-order valence-electron chi connectivity index (χ0n) is 15.4. The third-order valence-corrected chi connectivity index (χ3v) is 3.56. The van der Waals surface area contributed by atoms with Gasteiger partial charge in [-0.25, -0.2) is 4.79 Å². The van der Waals surface area contributed by atoms with E-state index in [-0.39, 0.29) is 13.0 Å². The van der Waals surface area contributed by atoms with Crippen LogP contribution in [-0.2, 0) is 20.9 Å². The average Bonchev–Trinajstić information content (AvgIpc) is 2.69. The van der Waals surface area contributed by atoms with Crippen molar-refractivity contribution in [3.63, 3.8) is 0 Å². The fourth-order valence-electron chi connectivity index (χ4n) is 2.17. The summed E-state index contributed by atoms with van der Waals surface area (Å²) in [7, 11) is 0. The van der Waals surface area contributed by atoms with Gasteiger partial charge < -0.3 is 19.5 Å². The van der Waals surface area contributed by atoms with Crippen molar-refractivity contribution in [1.29, 1.82) is 0 Å². The molecule has 6 nitrogen and oxygen atoms in total. The van der Waals surface area contributed by atoms with E-state index in [1.807, 2.05) is 42.5 Å². The number of para-hydroxylation sites is 1. The molecule has 0 heterocycles. The summed E-state index contributed by atoms with van der Waals surface area (Å²) < 4.78 is 50.7. The number of nitrogens with one attached hydrogen (secondary N) is 1. The maximum absolute atomic E-state index is 12.0. The van der Waals surface area contributed by atoms with Crippen LogP contribution in [0.1, 0.15) is 12.0 Å². The molecule has 0 aliphatic carbocycles. The predicted molar refractivity (Wildman–Crippen MR) is 97.4 cm³/mol. The van der Waals surface area contributed by atoms with Gasteiger partial charge in [0.15, 0.2) is 0 Å². The molecular formula is C20H20F3NO5. The Morgan fingerprint density at radius 3 is 2.03 bits per heavy atom. The van der Waals surface area contributed by atoms with Gasteiger partial charge >= 0.3 is 18.1 Å². The highest BCUT2D eigenvalue weighted by molar-refractivity contribution is 5.88. The molecule has 0 aliphatic rings. The molecule has 0 fully saturated rings. The molecule has 156 valence electrons. The minimum absolute atomic E-state index is 0.0685. The number of ether oxygens (including phenoxy) is 3. The van der Waals surface area contributed by atoms with E-state index in [0.717, 1.165) is 11.3 Å². The summed E-state index contributed by atoms with van der Waals surface area (Å²) in [4.78, 5) is 21.7. The van der Waals surface area contributed by atoms with E-state index in [0.29, 0.717) is 25.5 Å². The number of rotatable bonds is 10. The van der Waals surface area contributed by atoms with Gasteiger partial charge in [-0.15, -0.1) is 0 Å². The number of halogens is 3. The second kappa shape index (κ2) is 11.1. The van der Waals surface area contributed by atoms with E-state index in [9.17, 15) is 22.8 Å². The Hall–Kier alpha value is -3.07. The molecule has 9 heteroatoms. The molecule has 29 heavy (non-hydrogen) atoms. The highest BCUT2D eigenvalue weighted by Gasteiger charge is 2.42.